The molecule has 3 heterocycles. The zero-order chi connectivity index (χ0) is 32.1. The maximum absolute atomic E-state index is 5.03. The van der Waals surface area contributed by atoms with Gasteiger partial charge in [-0.15, -0.1) is 0 Å². The molecule has 228 valence electrons. The van der Waals surface area contributed by atoms with E-state index in [1.807, 2.05) is 85.2 Å². The van der Waals surface area contributed by atoms with Crippen LogP contribution in [0.1, 0.15) is 11.7 Å². The minimum atomic E-state index is -0.101. The highest BCUT2D eigenvalue weighted by atomic mass is 15.1. The first kappa shape index (κ1) is 28.8. The first-order valence-corrected chi connectivity index (χ1v) is 15.7. The van der Waals surface area contributed by atoms with Gasteiger partial charge in [0.25, 0.3) is 0 Å². The summed E-state index contributed by atoms with van der Waals surface area (Å²) in [6, 6.07) is 45.3. The molecule has 1 unspecified atom stereocenters. The number of allylic oxidation sites excluding steroid dienone is 1. The van der Waals surface area contributed by atoms with Crippen molar-refractivity contribution in [3.63, 3.8) is 0 Å². The molecule has 5 aromatic carbocycles. The van der Waals surface area contributed by atoms with Gasteiger partial charge in [0.15, 0.2) is 23.3 Å². The van der Waals surface area contributed by atoms with E-state index < -0.39 is 0 Å². The van der Waals surface area contributed by atoms with E-state index in [0.717, 1.165) is 50.1 Å². The van der Waals surface area contributed by atoms with E-state index in [1.54, 1.807) is 12.4 Å². The Balaban J connectivity index is 1.26. The van der Waals surface area contributed by atoms with Gasteiger partial charge in [-0.3, -0.25) is 4.99 Å². The van der Waals surface area contributed by atoms with E-state index in [2.05, 4.69) is 87.0 Å². The predicted molar refractivity (Wildman–Crippen MR) is 192 cm³/mol. The van der Waals surface area contributed by atoms with Gasteiger partial charge < -0.3 is 5.32 Å². The molecule has 8 rings (SSSR count). The highest BCUT2D eigenvalue weighted by Gasteiger charge is 2.16. The minimum absolute atomic E-state index is 0.101. The second kappa shape index (κ2) is 13.0. The van der Waals surface area contributed by atoms with Gasteiger partial charge >= 0.3 is 0 Å². The number of aromatic nitrogens is 5. The molecule has 48 heavy (non-hydrogen) atoms. The fourth-order valence-electron chi connectivity index (χ4n) is 5.70. The molecule has 1 aliphatic rings. The van der Waals surface area contributed by atoms with Crippen molar-refractivity contribution in [1.82, 2.24) is 30.2 Å². The number of hydrogen-bond donors (Lipinski definition) is 1. The van der Waals surface area contributed by atoms with Crippen molar-refractivity contribution >= 4 is 6.21 Å². The average Bonchev–Trinajstić information content (AvgIpc) is 3.19. The van der Waals surface area contributed by atoms with E-state index in [0.29, 0.717) is 23.3 Å². The standard InChI is InChI=1S/C41H29N7/c1-3-9-30(10-4-1)39-46-40(31-11-5-2-6-12-31)48-41(47-39)36-26-34(28-13-17-32(18-14-28)37-42-21-7-22-43-37)25-35(27-36)29-15-19-33(20-16-29)38-44-23-8-24-45-38/h1-27,37,42H. The van der Waals surface area contributed by atoms with Crippen LogP contribution in [0.15, 0.2) is 163 Å². The van der Waals surface area contributed by atoms with Crippen molar-refractivity contribution in [2.45, 2.75) is 6.17 Å². The Morgan fingerprint density at radius 3 is 1.44 bits per heavy atom. The fourth-order valence-corrected chi connectivity index (χ4v) is 5.70. The number of hydrogen-bond acceptors (Lipinski definition) is 7. The number of benzene rings is 5. The van der Waals surface area contributed by atoms with Crippen LogP contribution in [-0.2, 0) is 0 Å². The van der Waals surface area contributed by atoms with Gasteiger partial charge in [0.2, 0.25) is 0 Å². The average molecular weight is 620 g/mol. The summed E-state index contributed by atoms with van der Waals surface area (Å²) in [7, 11) is 0. The topological polar surface area (TPSA) is 88.8 Å². The van der Waals surface area contributed by atoms with Crippen LogP contribution < -0.4 is 5.32 Å². The first-order valence-electron chi connectivity index (χ1n) is 15.7. The summed E-state index contributed by atoms with van der Waals surface area (Å²) >= 11 is 0. The lowest BCUT2D eigenvalue weighted by Crippen LogP contribution is -2.15. The van der Waals surface area contributed by atoms with E-state index in [-0.39, 0.29) is 6.17 Å². The second-order valence-electron chi connectivity index (χ2n) is 11.3. The lowest BCUT2D eigenvalue weighted by Gasteiger charge is -2.16. The van der Waals surface area contributed by atoms with Gasteiger partial charge in [0, 0.05) is 40.9 Å². The van der Waals surface area contributed by atoms with E-state index in [1.165, 1.54) is 0 Å². The number of rotatable bonds is 7. The van der Waals surface area contributed by atoms with Crippen molar-refractivity contribution in [2.75, 3.05) is 0 Å². The van der Waals surface area contributed by atoms with Crippen molar-refractivity contribution < 1.29 is 0 Å². The lowest BCUT2D eigenvalue weighted by molar-refractivity contribution is 0.653. The molecular formula is C41H29N7. The molecule has 0 spiro atoms. The van der Waals surface area contributed by atoms with Crippen LogP contribution >= 0.6 is 0 Å². The van der Waals surface area contributed by atoms with Gasteiger partial charge in [0.05, 0.1) is 0 Å². The normalized spacial score (nSPS) is 13.6. The summed E-state index contributed by atoms with van der Waals surface area (Å²) in [5.74, 6) is 2.54. The molecule has 0 saturated carbocycles. The maximum atomic E-state index is 5.03. The molecule has 0 bridgehead atoms. The lowest BCUT2D eigenvalue weighted by atomic mass is 9.94. The van der Waals surface area contributed by atoms with Crippen molar-refractivity contribution in [3.8, 4) is 67.8 Å². The Kier molecular flexibility index (Phi) is 7.83. The van der Waals surface area contributed by atoms with Crippen LogP contribution in [0, 0.1) is 0 Å². The Labute approximate surface area is 278 Å². The maximum Gasteiger partial charge on any atom is 0.164 e. The summed E-state index contributed by atoms with van der Waals surface area (Å²) in [6.45, 7) is 0. The summed E-state index contributed by atoms with van der Waals surface area (Å²) in [6.07, 6.45) is 9.04. The number of nitrogens with one attached hydrogen (secondary N) is 1. The molecule has 0 saturated heterocycles. The summed E-state index contributed by atoms with van der Waals surface area (Å²) in [5, 5.41) is 3.30. The molecule has 7 nitrogen and oxygen atoms in total. The monoisotopic (exact) mass is 619 g/mol. The number of aliphatic imine (C=N–C) groups is 1. The van der Waals surface area contributed by atoms with Crippen molar-refractivity contribution in [1.29, 1.82) is 0 Å². The molecule has 1 atom stereocenters. The highest BCUT2D eigenvalue weighted by Crippen LogP contribution is 2.34. The molecule has 0 fully saturated rings. The molecule has 0 aliphatic carbocycles. The third kappa shape index (κ3) is 6.12. The van der Waals surface area contributed by atoms with Crippen LogP contribution in [0.2, 0.25) is 0 Å². The summed E-state index contributed by atoms with van der Waals surface area (Å²) in [5.41, 5.74) is 9.02. The molecule has 0 radical (unpaired) electrons. The van der Waals surface area contributed by atoms with Crippen LogP contribution in [0.3, 0.4) is 0 Å². The summed E-state index contributed by atoms with van der Waals surface area (Å²) < 4.78 is 0. The molecule has 7 aromatic rings. The van der Waals surface area contributed by atoms with Gasteiger partial charge in [0.1, 0.15) is 6.17 Å². The molecule has 0 amide bonds. The van der Waals surface area contributed by atoms with Crippen molar-refractivity contribution in [2.24, 2.45) is 4.99 Å². The first-order chi connectivity index (χ1) is 23.8. The fraction of sp³-hybridized carbons (Fsp3) is 0.0244. The third-order valence-electron chi connectivity index (χ3n) is 8.16. The van der Waals surface area contributed by atoms with E-state index >= 15 is 0 Å². The molecule has 7 heteroatoms. The van der Waals surface area contributed by atoms with E-state index in [4.69, 9.17) is 15.0 Å². The molecule has 1 N–H and O–H groups in total. The van der Waals surface area contributed by atoms with Gasteiger partial charge in [-0.05, 0) is 64.4 Å². The molecular weight excluding hydrogens is 591 g/mol. The largest absolute Gasteiger partial charge is 0.366 e. The quantitative estimate of drug-likeness (QED) is 0.192. The van der Waals surface area contributed by atoms with Gasteiger partial charge in [-0.25, -0.2) is 24.9 Å². The summed E-state index contributed by atoms with van der Waals surface area (Å²) in [4.78, 5) is 28.3. The van der Waals surface area contributed by atoms with E-state index in [9.17, 15) is 0 Å². The zero-order valence-corrected chi connectivity index (χ0v) is 25.8. The van der Waals surface area contributed by atoms with Crippen molar-refractivity contribution in [3.05, 3.63) is 164 Å². The SMILES string of the molecule is C1=CNC(c2ccc(-c3cc(-c4ccc(-c5ncccn5)cc4)cc(-c4nc(-c5ccccc5)nc(-c5ccccc5)n4)c3)cc2)N=C1. The Hall–Kier alpha value is -6.60. The van der Waals surface area contributed by atoms with Gasteiger partial charge in [-0.1, -0.05) is 109 Å². The Bertz CT molecular complexity index is 2170. The van der Waals surface area contributed by atoms with Gasteiger partial charge in [-0.2, -0.15) is 0 Å². The van der Waals surface area contributed by atoms with Crippen LogP contribution in [-0.4, -0.2) is 31.1 Å². The predicted octanol–water partition coefficient (Wildman–Crippen LogP) is 8.85. The second-order valence-corrected chi connectivity index (χ2v) is 11.3. The number of nitrogens with zero attached hydrogens (tertiary/aromatic N) is 6. The smallest absolute Gasteiger partial charge is 0.164 e. The van der Waals surface area contributed by atoms with Crippen LogP contribution in [0.5, 0.6) is 0 Å². The molecule has 2 aromatic heterocycles. The minimum Gasteiger partial charge on any atom is -0.366 e. The third-order valence-corrected chi connectivity index (χ3v) is 8.16. The Morgan fingerprint density at radius 1 is 0.417 bits per heavy atom. The highest BCUT2D eigenvalue weighted by molar-refractivity contribution is 5.81. The Morgan fingerprint density at radius 2 is 0.896 bits per heavy atom. The van der Waals surface area contributed by atoms with Crippen LogP contribution in [0.25, 0.3) is 67.8 Å². The zero-order valence-electron chi connectivity index (χ0n) is 25.8. The molecule has 1 aliphatic heterocycles. The van der Waals surface area contributed by atoms with Crippen LogP contribution in [0.4, 0.5) is 0 Å².